The van der Waals surface area contributed by atoms with Gasteiger partial charge in [0.15, 0.2) is 0 Å². The number of halogens is 1. The summed E-state index contributed by atoms with van der Waals surface area (Å²) in [6.07, 6.45) is -0.107. The lowest BCUT2D eigenvalue weighted by Gasteiger charge is -2.23. The smallest absolute Gasteiger partial charge is 0.123 e. The molecule has 13 heavy (non-hydrogen) atoms. The molecular weight excluding hydrogens is 171 g/mol. The van der Waals surface area contributed by atoms with Crippen LogP contribution in [-0.2, 0) is 9.47 Å². The number of rotatable bonds is 1. The van der Waals surface area contributed by atoms with Crippen LogP contribution in [-0.4, -0.2) is 19.8 Å². The van der Waals surface area contributed by atoms with Crippen molar-refractivity contribution < 1.29 is 13.9 Å². The van der Waals surface area contributed by atoms with E-state index in [1.54, 1.807) is 6.07 Å². The Labute approximate surface area is 76.3 Å². The third kappa shape index (κ3) is 2.05. The van der Waals surface area contributed by atoms with Gasteiger partial charge in [0.1, 0.15) is 11.9 Å². The molecule has 0 amide bonds. The average molecular weight is 182 g/mol. The van der Waals surface area contributed by atoms with Gasteiger partial charge in [-0.3, -0.25) is 0 Å². The van der Waals surface area contributed by atoms with Crippen molar-refractivity contribution in [3.63, 3.8) is 0 Å². The molecule has 0 aliphatic carbocycles. The number of ether oxygens (including phenoxy) is 2. The summed E-state index contributed by atoms with van der Waals surface area (Å²) in [5, 5.41) is 0. The summed E-state index contributed by atoms with van der Waals surface area (Å²) in [6, 6.07) is 6.44. The van der Waals surface area contributed by atoms with Crippen molar-refractivity contribution in [2.45, 2.75) is 6.10 Å². The first-order valence-electron chi connectivity index (χ1n) is 4.31. The molecule has 2 nitrogen and oxygen atoms in total. The van der Waals surface area contributed by atoms with Crippen molar-refractivity contribution in [3.8, 4) is 0 Å². The van der Waals surface area contributed by atoms with E-state index in [1.165, 1.54) is 12.1 Å². The van der Waals surface area contributed by atoms with E-state index in [4.69, 9.17) is 9.47 Å². The zero-order chi connectivity index (χ0) is 9.10. The van der Waals surface area contributed by atoms with Gasteiger partial charge in [0.2, 0.25) is 0 Å². The molecule has 1 saturated heterocycles. The van der Waals surface area contributed by atoms with Gasteiger partial charge in [0, 0.05) is 0 Å². The summed E-state index contributed by atoms with van der Waals surface area (Å²) in [4.78, 5) is 0. The molecule has 0 bridgehead atoms. The van der Waals surface area contributed by atoms with Crippen LogP contribution in [0.3, 0.4) is 0 Å². The average Bonchev–Trinajstić information content (AvgIpc) is 2.19. The predicted molar refractivity (Wildman–Crippen MR) is 45.9 cm³/mol. The second kappa shape index (κ2) is 3.85. The highest BCUT2D eigenvalue weighted by Gasteiger charge is 2.16. The quantitative estimate of drug-likeness (QED) is 0.660. The third-order valence-corrected chi connectivity index (χ3v) is 2.04. The minimum atomic E-state index is -0.230. The fourth-order valence-corrected chi connectivity index (χ4v) is 1.39. The topological polar surface area (TPSA) is 18.5 Å². The molecule has 1 fully saturated rings. The van der Waals surface area contributed by atoms with Crippen LogP contribution in [0.15, 0.2) is 24.3 Å². The molecule has 0 spiro atoms. The minimum absolute atomic E-state index is 0.107. The molecule has 1 unspecified atom stereocenters. The first-order valence-corrected chi connectivity index (χ1v) is 4.31. The molecule has 0 saturated carbocycles. The molecule has 2 rings (SSSR count). The Morgan fingerprint density at radius 3 is 2.92 bits per heavy atom. The summed E-state index contributed by atoms with van der Waals surface area (Å²) in [5.41, 5.74) is 0.847. The summed E-state index contributed by atoms with van der Waals surface area (Å²) < 4.78 is 23.5. The van der Waals surface area contributed by atoms with Gasteiger partial charge in [-0.1, -0.05) is 12.1 Å². The lowest BCUT2D eigenvalue weighted by Crippen LogP contribution is -2.21. The van der Waals surface area contributed by atoms with Crippen molar-refractivity contribution >= 4 is 0 Å². The van der Waals surface area contributed by atoms with Gasteiger partial charge < -0.3 is 9.47 Å². The van der Waals surface area contributed by atoms with E-state index in [0.717, 1.165) is 5.56 Å². The van der Waals surface area contributed by atoms with Gasteiger partial charge in [0.05, 0.1) is 19.8 Å². The number of benzene rings is 1. The van der Waals surface area contributed by atoms with Gasteiger partial charge in [0.25, 0.3) is 0 Å². The van der Waals surface area contributed by atoms with E-state index < -0.39 is 0 Å². The number of hydrogen-bond donors (Lipinski definition) is 0. The highest BCUT2D eigenvalue weighted by atomic mass is 19.1. The van der Waals surface area contributed by atoms with Crippen molar-refractivity contribution in [3.05, 3.63) is 35.6 Å². The summed E-state index contributed by atoms with van der Waals surface area (Å²) in [7, 11) is 0. The van der Waals surface area contributed by atoms with Crippen molar-refractivity contribution in [1.29, 1.82) is 0 Å². The van der Waals surface area contributed by atoms with Crippen LogP contribution in [0.2, 0.25) is 0 Å². The molecule has 3 heteroatoms. The van der Waals surface area contributed by atoms with Crippen LogP contribution in [0.25, 0.3) is 0 Å². The maximum absolute atomic E-state index is 12.8. The minimum Gasteiger partial charge on any atom is -0.376 e. The highest BCUT2D eigenvalue weighted by Crippen LogP contribution is 2.20. The van der Waals surface area contributed by atoms with Crippen LogP contribution >= 0.6 is 0 Å². The fraction of sp³-hybridized carbons (Fsp3) is 0.400. The molecule has 1 aliphatic rings. The highest BCUT2D eigenvalue weighted by molar-refractivity contribution is 5.19. The van der Waals surface area contributed by atoms with E-state index in [0.29, 0.717) is 19.8 Å². The Balaban J connectivity index is 2.14. The Hall–Kier alpha value is -0.930. The first kappa shape index (κ1) is 8.66. The molecule has 1 aromatic carbocycles. The molecule has 1 atom stereocenters. The molecule has 0 radical (unpaired) electrons. The van der Waals surface area contributed by atoms with Gasteiger partial charge in [-0.15, -0.1) is 0 Å². The zero-order valence-electron chi connectivity index (χ0n) is 7.20. The first-order chi connectivity index (χ1) is 6.36. The molecule has 1 aromatic rings. The summed E-state index contributed by atoms with van der Waals surface area (Å²) in [5.74, 6) is -0.230. The lowest BCUT2D eigenvalue weighted by atomic mass is 10.1. The van der Waals surface area contributed by atoms with Crippen molar-refractivity contribution in [2.24, 2.45) is 0 Å². The van der Waals surface area contributed by atoms with Crippen LogP contribution in [0, 0.1) is 5.82 Å². The third-order valence-electron chi connectivity index (χ3n) is 2.04. The lowest BCUT2D eigenvalue weighted by molar-refractivity contribution is -0.0902. The summed E-state index contributed by atoms with van der Waals surface area (Å²) in [6.45, 7) is 1.73. The van der Waals surface area contributed by atoms with Crippen molar-refractivity contribution in [1.82, 2.24) is 0 Å². The van der Waals surface area contributed by atoms with Crippen molar-refractivity contribution in [2.75, 3.05) is 19.8 Å². The standard InChI is InChI=1S/C10H11FO2/c11-9-3-1-2-8(6-9)10-7-12-4-5-13-10/h1-3,6,10H,4-5,7H2. The van der Waals surface area contributed by atoms with E-state index in [9.17, 15) is 4.39 Å². The van der Waals surface area contributed by atoms with E-state index in [1.807, 2.05) is 6.07 Å². The second-order valence-electron chi connectivity index (χ2n) is 2.99. The molecule has 0 N–H and O–H groups in total. The van der Waals surface area contributed by atoms with Gasteiger partial charge in [-0.25, -0.2) is 4.39 Å². The van der Waals surface area contributed by atoms with Crippen LogP contribution in [0.1, 0.15) is 11.7 Å². The Morgan fingerprint density at radius 2 is 2.23 bits per heavy atom. The largest absolute Gasteiger partial charge is 0.376 e. The fourth-order valence-electron chi connectivity index (χ4n) is 1.39. The number of hydrogen-bond acceptors (Lipinski definition) is 2. The maximum Gasteiger partial charge on any atom is 0.123 e. The van der Waals surface area contributed by atoms with Crippen LogP contribution in [0.5, 0.6) is 0 Å². The SMILES string of the molecule is Fc1cccc(C2COCCO2)c1. The molecule has 70 valence electrons. The Kier molecular flexibility index (Phi) is 2.57. The van der Waals surface area contributed by atoms with E-state index >= 15 is 0 Å². The predicted octanol–water partition coefficient (Wildman–Crippen LogP) is 1.91. The second-order valence-corrected chi connectivity index (χ2v) is 2.99. The Bertz CT molecular complexity index is 282. The molecule has 1 heterocycles. The molecule has 1 aliphatic heterocycles. The molecule has 0 aromatic heterocycles. The zero-order valence-corrected chi connectivity index (χ0v) is 7.20. The van der Waals surface area contributed by atoms with Gasteiger partial charge >= 0.3 is 0 Å². The van der Waals surface area contributed by atoms with Crippen LogP contribution < -0.4 is 0 Å². The maximum atomic E-state index is 12.8. The van der Waals surface area contributed by atoms with Crippen LogP contribution in [0.4, 0.5) is 4.39 Å². The molecular formula is C10H11FO2. The van der Waals surface area contributed by atoms with Gasteiger partial charge in [-0.05, 0) is 17.7 Å². The Morgan fingerprint density at radius 1 is 1.31 bits per heavy atom. The van der Waals surface area contributed by atoms with E-state index in [-0.39, 0.29) is 11.9 Å². The van der Waals surface area contributed by atoms with Gasteiger partial charge in [-0.2, -0.15) is 0 Å². The summed E-state index contributed by atoms with van der Waals surface area (Å²) >= 11 is 0. The van der Waals surface area contributed by atoms with E-state index in [2.05, 4.69) is 0 Å². The normalized spacial score (nSPS) is 23.0. The monoisotopic (exact) mass is 182 g/mol.